The number of hydrogen-bond acceptors (Lipinski definition) is 1. The van der Waals surface area contributed by atoms with Crippen LogP contribution in [0.15, 0.2) is 46.9 Å². The van der Waals surface area contributed by atoms with Gasteiger partial charge in [-0.3, -0.25) is 0 Å². The Morgan fingerprint density at radius 2 is 1.79 bits per heavy atom. The van der Waals surface area contributed by atoms with Crippen LogP contribution < -0.4 is 5.32 Å². The third-order valence-corrected chi connectivity index (χ3v) is 4.10. The lowest BCUT2D eigenvalue weighted by atomic mass is 10.1. The number of halogens is 3. The van der Waals surface area contributed by atoms with Crippen molar-refractivity contribution in [3.05, 3.63) is 68.1 Å². The summed E-state index contributed by atoms with van der Waals surface area (Å²) in [6, 6.07) is 14.1. The van der Waals surface area contributed by atoms with E-state index < -0.39 is 0 Å². The van der Waals surface area contributed by atoms with Gasteiger partial charge in [-0.15, -0.1) is 0 Å². The average molecular weight is 359 g/mol. The van der Waals surface area contributed by atoms with E-state index >= 15 is 0 Å². The van der Waals surface area contributed by atoms with Gasteiger partial charge in [0, 0.05) is 27.1 Å². The maximum absolute atomic E-state index is 6.15. The number of nitrogens with one attached hydrogen (secondary N) is 1. The first-order valence-corrected chi connectivity index (χ1v) is 7.54. The zero-order valence-electron chi connectivity index (χ0n) is 10.5. The topological polar surface area (TPSA) is 12.0 Å². The van der Waals surface area contributed by atoms with Gasteiger partial charge >= 0.3 is 0 Å². The lowest BCUT2D eigenvalue weighted by Crippen LogP contribution is -2.18. The van der Waals surface area contributed by atoms with Crippen LogP contribution >= 0.6 is 39.1 Å². The Balaban J connectivity index is 2.00. The Morgan fingerprint density at radius 1 is 1.11 bits per heavy atom. The van der Waals surface area contributed by atoms with Crippen molar-refractivity contribution in [3.8, 4) is 0 Å². The smallest absolute Gasteiger partial charge is 0.0465 e. The SMILES string of the molecule is C[C@@H](NCc1ccc(Cl)cc1Cl)c1ccc(Br)cc1. The monoisotopic (exact) mass is 357 g/mol. The predicted octanol–water partition coefficient (Wildman–Crippen LogP) is 5.61. The second kappa shape index (κ2) is 6.76. The van der Waals surface area contributed by atoms with Gasteiger partial charge in [0.1, 0.15) is 0 Å². The lowest BCUT2D eigenvalue weighted by Gasteiger charge is -2.15. The minimum Gasteiger partial charge on any atom is -0.306 e. The molecule has 2 rings (SSSR count). The largest absolute Gasteiger partial charge is 0.306 e. The van der Waals surface area contributed by atoms with E-state index in [4.69, 9.17) is 23.2 Å². The Morgan fingerprint density at radius 3 is 2.42 bits per heavy atom. The van der Waals surface area contributed by atoms with Gasteiger partial charge in [-0.05, 0) is 42.3 Å². The van der Waals surface area contributed by atoms with Crippen molar-refractivity contribution < 1.29 is 0 Å². The molecule has 19 heavy (non-hydrogen) atoms. The highest BCUT2D eigenvalue weighted by atomic mass is 79.9. The first kappa shape index (κ1) is 14.9. The molecule has 100 valence electrons. The summed E-state index contributed by atoms with van der Waals surface area (Å²) in [5, 5.41) is 4.81. The highest BCUT2D eigenvalue weighted by Crippen LogP contribution is 2.22. The van der Waals surface area contributed by atoms with E-state index in [1.54, 1.807) is 6.07 Å². The van der Waals surface area contributed by atoms with Crippen LogP contribution in [0.5, 0.6) is 0 Å². The number of benzene rings is 2. The van der Waals surface area contributed by atoms with Crippen molar-refractivity contribution in [1.29, 1.82) is 0 Å². The molecule has 2 aromatic rings. The first-order chi connectivity index (χ1) is 9.06. The zero-order valence-corrected chi connectivity index (χ0v) is 13.6. The fraction of sp³-hybridized carbons (Fsp3) is 0.200. The molecule has 0 aliphatic carbocycles. The van der Waals surface area contributed by atoms with Crippen LogP contribution in [0, 0.1) is 0 Å². The summed E-state index contributed by atoms with van der Waals surface area (Å²) < 4.78 is 1.09. The van der Waals surface area contributed by atoms with Gasteiger partial charge in [0.15, 0.2) is 0 Å². The van der Waals surface area contributed by atoms with Crippen LogP contribution in [0.2, 0.25) is 10.0 Å². The summed E-state index contributed by atoms with van der Waals surface area (Å²) in [7, 11) is 0. The maximum Gasteiger partial charge on any atom is 0.0465 e. The van der Waals surface area contributed by atoms with E-state index in [1.165, 1.54) is 5.56 Å². The molecule has 0 bridgehead atoms. The average Bonchev–Trinajstić information content (AvgIpc) is 2.38. The molecule has 2 aromatic carbocycles. The molecule has 0 amide bonds. The quantitative estimate of drug-likeness (QED) is 0.749. The van der Waals surface area contributed by atoms with Crippen molar-refractivity contribution in [2.45, 2.75) is 19.5 Å². The van der Waals surface area contributed by atoms with Gasteiger partial charge in [-0.25, -0.2) is 0 Å². The van der Waals surface area contributed by atoms with Crippen molar-refractivity contribution >= 4 is 39.1 Å². The molecule has 0 heterocycles. The predicted molar refractivity (Wildman–Crippen MR) is 85.9 cm³/mol. The molecule has 0 spiro atoms. The molecule has 0 radical (unpaired) electrons. The summed E-state index contributed by atoms with van der Waals surface area (Å²) in [6.07, 6.45) is 0. The van der Waals surface area contributed by atoms with Crippen LogP contribution in [-0.2, 0) is 6.54 Å². The summed E-state index contributed by atoms with van der Waals surface area (Å²) in [4.78, 5) is 0. The van der Waals surface area contributed by atoms with Gasteiger partial charge in [0.05, 0.1) is 0 Å². The third-order valence-electron chi connectivity index (χ3n) is 2.98. The van der Waals surface area contributed by atoms with Crippen LogP contribution in [0.25, 0.3) is 0 Å². The van der Waals surface area contributed by atoms with E-state index in [-0.39, 0.29) is 6.04 Å². The van der Waals surface area contributed by atoms with Gasteiger partial charge in [-0.1, -0.05) is 57.3 Å². The Labute approximate surface area is 132 Å². The van der Waals surface area contributed by atoms with E-state index in [2.05, 4.69) is 40.3 Å². The molecule has 0 aliphatic heterocycles. The Bertz CT molecular complexity index is 555. The second-order valence-electron chi connectivity index (χ2n) is 4.39. The molecule has 1 nitrogen and oxygen atoms in total. The summed E-state index contributed by atoms with van der Waals surface area (Å²) >= 11 is 15.5. The molecule has 0 fully saturated rings. The van der Waals surface area contributed by atoms with Crippen LogP contribution in [-0.4, -0.2) is 0 Å². The number of rotatable bonds is 4. The summed E-state index contributed by atoms with van der Waals surface area (Å²) in [6.45, 7) is 2.85. The highest BCUT2D eigenvalue weighted by Gasteiger charge is 2.06. The Hall–Kier alpha value is -0.540. The molecule has 0 saturated heterocycles. The van der Waals surface area contributed by atoms with E-state index in [0.29, 0.717) is 16.6 Å². The Kier molecular flexibility index (Phi) is 5.28. The van der Waals surface area contributed by atoms with Gasteiger partial charge in [0.25, 0.3) is 0 Å². The molecule has 0 aliphatic rings. The molecule has 1 N–H and O–H groups in total. The molecular formula is C15H14BrCl2N. The molecule has 4 heteroatoms. The van der Waals surface area contributed by atoms with Crippen molar-refractivity contribution in [3.63, 3.8) is 0 Å². The standard InChI is InChI=1S/C15H14BrCl2N/c1-10(11-2-5-13(16)6-3-11)19-9-12-4-7-14(17)8-15(12)18/h2-8,10,19H,9H2,1H3/t10-/m1/s1. The molecule has 0 unspecified atom stereocenters. The molecule has 0 saturated carbocycles. The summed E-state index contributed by atoms with van der Waals surface area (Å²) in [5.41, 5.74) is 2.29. The van der Waals surface area contributed by atoms with Crippen LogP contribution in [0.1, 0.15) is 24.1 Å². The van der Waals surface area contributed by atoms with Crippen molar-refractivity contribution in [1.82, 2.24) is 5.32 Å². The fourth-order valence-corrected chi connectivity index (χ4v) is 2.54. The molecular weight excluding hydrogens is 345 g/mol. The van der Waals surface area contributed by atoms with Crippen molar-refractivity contribution in [2.24, 2.45) is 0 Å². The van der Waals surface area contributed by atoms with Gasteiger partial charge in [0.2, 0.25) is 0 Å². The fourth-order valence-electron chi connectivity index (χ4n) is 1.80. The van der Waals surface area contributed by atoms with Crippen LogP contribution in [0.4, 0.5) is 0 Å². The maximum atomic E-state index is 6.15. The highest BCUT2D eigenvalue weighted by molar-refractivity contribution is 9.10. The summed E-state index contributed by atoms with van der Waals surface area (Å²) in [5.74, 6) is 0. The third kappa shape index (κ3) is 4.22. The first-order valence-electron chi connectivity index (χ1n) is 5.99. The second-order valence-corrected chi connectivity index (χ2v) is 6.15. The van der Waals surface area contributed by atoms with Crippen molar-refractivity contribution in [2.75, 3.05) is 0 Å². The van der Waals surface area contributed by atoms with E-state index in [9.17, 15) is 0 Å². The van der Waals surface area contributed by atoms with Gasteiger partial charge < -0.3 is 5.32 Å². The molecule has 1 atom stereocenters. The normalized spacial score (nSPS) is 12.4. The minimum atomic E-state index is 0.264. The molecule has 0 aromatic heterocycles. The van der Waals surface area contributed by atoms with Crippen LogP contribution in [0.3, 0.4) is 0 Å². The van der Waals surface area contributed by atoms with Gasteiger partial charge in [-0.2, -0.15) is 0 Å². The lowest BCUT2D eigenvalue weighted by molar-refractivity contribution is 0.575. The number of hydrogen-bond donors (Lipinski definition) is 1. The zero-order chi connectivity index (χ0) is 13.8. The minimum absolute atomic E-state index is 0.264. The van der Waals surface area contributed by atoms with E-state index in [0.717, 1.165) is 10.0 Å². The van der Waals surface area contributed by atoms with E-state index in [1.807, 2.05) is 24.3 Å².